The first-order valence-corrected chi connectivity index (χ1v) is 6.65. The van der Waals surface area contributed by atoms with Crippen molar-refractivity contribution < 1.29 is 4.74 Å². The Morgan fingerprint density at radius 2 is 2.33 bits per heavy atom. The van der Waals surface area contributed by atoms with Gasteiger partial charge in [-0.1, -0.05) is 6.92 Å². The van der Waals surface area contributed by atoms with Crippen molar-refractivity contribution in [2.24, 2.45) is 5.92 Å². The molecule has 0 saturated carbocycles. The van der Waals surface area contributed by atoms with E-state index in [1.165, 1.54) is 12.8 Å². The molecule has 1 unspecified atom stereocenters. The molecule has 18 heavy (non-hydrogen) atoms. The predicted molar refractivity (Wildman–Crippen MR) is 72.4 cm³/mol. The second-order valence-electron chi connectivity index (χ2n) is 4.90. The molecule has 100 valence electrons. The number of anilines is 2. The van der Waals surface area contributed by atoms with E-state index in [-0.39, 0.29) is 0 Å². The van der Waals surface area contributed by atoms with Crippen molar-refractivity contribution in [3.63, 3.8) is 0 Å². The van der Waals surface area contributed by atoms with E-state index in [1.807, 2.05) is 13.0 Å². The molecule has 0 spiro atoms. The Hall–Kier alpha value is -1.36. The molecule has 1 saturated heterocycles. The van der Waals surface area contributed by atoms with Gasteiger partial charge in [0.25, 0.3) is 0 Å². The average Bonchev–Trinajstić information content (AvgIpc) is 2.36. The first-order chi connectivity index (χ1) is 8.69. The summed E-state index contributed by atoms with van der Waals surface area (Å²) in [7, 11) is 0. The van der Waals surface area contributed by atoms with E-state index in [4.69, 9.17) is 10.5 Å². The number of hydrogen-bond acceptors (Lipinski definition) is 5. The third kappa shape index (κ3) is 3.32. The highest BCUT2D eigenvalue weighted by Crippen LogP contribution is 2.22. The van der Waals surface area contributed by atoms with Crippen molar-refractivity contribution in [2.45, 2.75) is 33.3 Å². The van der Waals surface area contributed by atoms with E-state index in [2.05, 4.69) is 21.8 Å². The van der Waals surface area contributed by atoms with E-state index < -0.39 is 0 Å². The van der Waals surface area contributed by atoms with Crippen molar-refractivity contribution in [3.8, 4) is 0 Å². The third-order valence-corrected chi connectivity index (χ3v) is 3.20. The molecule has 5 heteroatoms. The minimum atomic E-state index is 0.429. The number of nitrogens with zero attached hydrogens (tertiary/aromatic N) is 3. The lowest BCUT2D eigenvalue weighted by atomic mass is 10.0. The van der Waals surface area contributed by atoms with Crippen LogP contribution in [-0.2, 0) is 11.3 Å². The fourth-order valence-corrected chi connectivity index (χ4v) is 2.32. The van der Waals surface area contributed by atoms with Gasteiger partial charge in [0.2, 0.25) is 0 Å². The molecule has 0 aromatic carbocycles. The molecule has 5 nitrogen and oxygen atoms in total. The first-order valence-electron chi connectivity index (χ1n) is 6.65. The second-order valence-corrected chi connectivity index (χ2v) is 4.90. The van der Waals surface area contributed by atoms with Crippen molar-refractivity contribution in [2.75, 3.05) is 30.3 Å². The summed E-state index contributed by atoms with van der Waals surface area (Å²) < 4.78 is 5.34. The smallest absolute Gasteiger partial charge is 0.158 e. The highest BCUT2D eigenvalue weighted by molar-refractivity contribution is 5.47. The van der Waals surface area contributed by atoms with Gasteiger partial charge in [0.15, 0.2) is 5.82 Å². The van der Waals surface area contributed by atoms with Crippen LogP contribution in [-0.4, -0.2) is 29.7 Å². The molecule has 1 fully saturated rings. The van der Waals surface area contributed by atoms with Gasteiger partial charge >= 0.3 is 0 Å². The molecule has 1 aliphatic heterocycles. The number of rotatable bonds is 4. The molecule has 0 radical (unpaired) electrons. The maximum Gasteiger partial charge on any atom is 0.158 e. The zero-order valence-electron chi connectivity index (χ0n) is 11.2. The molecular formula is C13H22N4O. The minimum Gasteiger partial charge on any atom is -0.384 e. The van der Waals surface area contributed by atoms with Crippen molar-refractivity contribution in [3.05, 3.63) is 11.9 Å². The van der Waals surface area contributed by atoms with Crippen LogP contribution in [0, 0.1) is 5.92 Å². The van der Waals surface area contributed by atoms with Crippen LogP contribution in [0.5, 0.6) is 0 Å². The van der Waals surface area contributed by atoms with E-state index >= 15 is 0 Å². The maximum absolute atomic E-state index is 5.84. The fourth-order valence-electron chi connectivity index (χ4n) is 2.32. The summed E-state index contributed by atoms with van der Waals surface area (Å²) in [5, 5.41) is 0. The SMILES string of the molecule is CCOCc1nc(N)cc(N2CCCC(C)C2)n1. The van der Waals surface area contributed by atoms with E-state index in [0.717, 1.165) is 18.9 Å². The van der Waals surface area contributed by atoms with Crippen LogP contribution in [0.3, 0.4) is 0 Å². The second kappa shape index (κ2) is 6.00. The number of piperidine rings is 1. The summed E-state index contributed by atoms with van der Waals surface area (Å²) in [5.41, 5.74) is 5.84. The van der Waals surface area contributed by atoms with Gasteiger partial charge in [-0.3, -0.25) is 0 Å². The predicted octanol–water partition coefficient (Wildman–Crippen LogP) is 1.83. The topological polar surface area (TPSA) is 64.3 Å². The maximum atomic E-state index is 5.84. The molecule has 2 heterocycles. The Morgan fingerprint density at radius 1 is 1.50 bits per heavy atom. The van der Waals surface area contributed by atoms with Gasteiger partial charge in [0, 0.05) is 25.8 Å². The average molecular weight is 250 g/mol. The van der Waals surface area contributed by atoms with Crippen LogP contribution < -0.4 is 10.6 Å². The fraction of sp³-hybridized carbons (Fsp3) is 0.692. The Kier molecular flexibility index (Phi) is 4.36. The molecular weight excluding hydrogens is 228 g/mol. The summed E-state index contributed by atoms with van der Waals surface area (Å²) in [6.45, 7) is 7.42. The largest absolute Gasteiger partial charge is 0.384 e. The lowest BCUT2D eigenvalue weighted by Crippen LogP contribution is -2.35. The summed E-state index contributed by atoms with van der Waals surface area (Å²) in [6.07, 6.45) is 2.51. The number of nitrogens with two attached hydrogens (primary N) is 1. The highest BCUT2D eigenvalue weighted by Gasteiger charge is 2.18. The zero-order chi connectivity index (χ0) is 13.0. The number of nitrogen functional groups attached to an aromatic ring is 1. The highest BCUT2D eigenvalue weighted by atomic mass is 16.5. The Labute approximate surface area is 108 Å². The van der Waals surface area contributed by atoms with Crippen LogP contribution in [0.15, 0.2) is 6.07 Å². The summed E-state index contributed by atoms with van der Waals surface area (Å²) in [4.78, 5) is 11.0. The van der Waals surface area contributed by atoms with Crippen LogP contribution in [0.25, 0.3) is 0 Å². The van der Waals surface area contributed by atoms with Crippen molar-refractivity contribution in [1.82, 2.24) is 9.97 Å². The molecule has 0 aliphatic carbocycles. The summed E-state index contributed by atoms with van der Waals surface area (Å²) in [5.74, 6) is 2.84. The minimum absolute atomic E-state index is 0.429. The molecule has 2 rings (SSSR count). The van der Waals surface area contributed by atoms with E-state index in [0.29, 0.717) is 30.8 Å². The summed E-state index contributed by atoms with van der Waals surface area (Å²) in [6, 6.07) is 1.85. The van der Waals surface area contributed by atoms with Crippen LogP contribution in [0.1, 0.15) is 32.5 Å². The quantitative estimate of drug-likeness (QED) is 0.883. The van der Waals surface area contributed by atoms with Gasteiger partial charge < -0.3 is 15.4 Å². The van der Waals surface area contributed by atoms with Crippen molar-refractivity contribution >= 4 is 11.6 Å². The van der Waals surface area contributed by atoms with Gasteiger partial charge in [-0.05, 0) is 25.7 Å². The van der Waals surface area contributed by atoms with Crippen LogP contribution in [0.2, 0.25) is 0 Å². The van der Waals surface area contributed by atoms with Crippen LogP contribution >= 0.6 is 0 Å². The van der Waals surface area contributed by atoms with Gasteiger partial charge in [-0.25, -0.2) is 9.97 Å². The molecule has 2 N–H and O–H groups in total. The monoisotopic (exact) mass is 250 g/mol. The molecule has 1 aromatic heterocycles. The van der Waals surface area contributed by atoms with E-state index in [1.54, 1.807) is 0 Å². The van der Waals surface area contributed by atoms with Crippen LogP contribution in [0.4, 0.5) is 11.6 Å². The summed E-state index contributed by atoms with van der Waals surface area (Å²) >= 11 is 0. The van der Waals surface area contributed by atoms with Crippen molar-refractivity contribution in [1.29, 1.82) is 0 Å². The normalized spacial score (nSPS) is 20.1. The standard InChI is InChI=1S/C13H22N4O/c1-3-18-9-12-15-11(14)7-13(16-12)17-6-4-5-10(2)8-17/h7,10H,3-6,8-9H2,1-2H3,(H2,14,15,16). The third-order valence-electron chi connectivity index (χ3n) is 3.20. The van der Waals surface area contributed by atoms with E-state index in [9.17, 15) is 0 Å². The number of aromatic nitrogens is 2. The van der Waals surface area contributed by atoms with Gasteiger partial charge in [-0.15, -0.1) is 0 Å². The lowest BCUT2D eigenvalue weighted by Gasteiger charge is -2.32. The first kappa shape index (κ1) is 13.1. The molecule has 1 aliphatic rings. The van der Waals surface area contributed by atoms with Gasteiger partial charge in [-0.2, -0.15) is 0 Å². The van der Waals surface area contributed by atoms with Gasteiger partial charge in [0.1, 0.15) is 18.2 Å². The zero-order valence-corrected chi connectivity index (χ0v) is 11.2. The Morgan fingerprint density at radius 3 is 3.06 bits per heavy atom. The number of hydrogen-bond donors (Lipinski definition) is 1. The Bertz CT molecular complexity index is 397. The lowest BCUT2D eigenvalue weighted by molar-refractivity contribution is 0.128. The Balaban J connectivity index is 2.13. The molecule has 0 amide bonds. The molecule has 0 bridgehead atoms. The van der Waals surface area contributed by atoms with Gasteiger partial charge in [0.05, 0.1) is 0 Å². The molecule has 1 atom stereocenters. The number of ether oxygens (including phenoxy) is 1. The molecule has 1 aromatic rings.